The normalized spacial score (nSPS) is 12.1. The topological polar surface area (TPSA) is 27.3 Å². The summed E-state index contributed by atoms with van der Waals surface area (Å²) in [5.74, 6) is 0. The van der Waals surface area contributed by atoms with Crippen LogP contribution in [0.3, 0.4) is 0 Å². The third-order valence-electron chi connectivity index (χ3n) is 4.37. The average Bonchev–Trinajstić information content (AvgIpc) is 2.59. The fraction of sp³-hybridized carbons (Fsp3) is 0.350. The van der Waals surface area contributed by atoms with Crippen LogP contribution in [0.5, 0.6) is 0 Å². The average molecular weight is 376 g/mol. The van der Waals surface area contributed by atoms with Gasteiger partial charge in [0, 0.05) is 17.3 Å². The van der Waals surface area contributed by atoms with Crippen molar-refractivity contribution in [1.82, 2.24) is 10.2 Å². The Labute approximate surface area is 161 Å². The van der Waals surface area contributed by atoms with E-state index in [-0.39, 0.29) is 6.04 Å². The highest BCUT2D eigenvalue weighted by atomic mass is 35.5. The predicted molar refractivity (Wildman–Crippen MR) is 113 cm³/mol. The summed E-state index contributed by atoms with van der Waals surface area (Å²) in [5.41, 5.74) is 4.55. The Morgan fingerprint density at radius 3 is 2.44 bits per heavy atom. The number of thiocarbonyl (C=S) groups is 1. The van der Waals surface area contributed by atoms with Crippen LogP contribution in [0.4, 0.5) is 5.69 Å². The van der Waals surface area contributed by atoms with Gasteiger partial charge in [0.05, 0.1) is 6.04 Å². The summed E-state index contributed by atoms with van der Waals surface area (Å²) >= 11 is 11.6. The van der Waals surface area contributed by atoms with Gasteiger partial charge < -0.3 is 15.5 Å². The molecule has 0 saturated carbocycles. The first-order chi connectivity index (χ1) is 11.9. The van der Waals surface area contributed by atoms with Crippen molar-refractivity contribution in [2.45, 2.75) is 26.3 Å². The Hall–Kier alpha value is -1.62. The molecular formula is C20H26ClN3S. The van der Waals surface area contributed by atoms with Gasteiger partial charge in [-0.05, 0) is 68.5 Å². The van der Waals surface area contributed by atoms with E-state index in [4.69, 9.17) is 23.8 Å². The summed E-state index contributed by atoms with van der Waals surface area (Å²) in [7, 11) is 4.16. The highest BCUT2D eigenvalue weighted by Crippen LogP contribution is 2.23. The first-order valence-corrected chi connectivity index (χ1v) is 9.26. The lowest BCUT2D eigenvalue weighted by Gasteiger charge is -2.26. The molecule has 0 unspecified atom stereocenters. The lowest BCUT2D eigenvalue weighted by atomic mass is 10.0. The smallest absolute Gasteiger partial charge is 0.170 e. The van der Waals surface area contributed by atoms with Crippen LogP contribution in [0, 0.1) is 6.92 Å². The summed E-state index contributed by atoms with van der Waals surface area (Å²) in [5, 5.41) is 7.89. The summed E-state index contributed by atoms with van der Waals surface area (Å²) in [6.45, 7) is 4.87. The molecule has 0 amide bonds. The van der Waals surface area contributed by atoms with Crippen molar-refractivity contribution in [3.63, 3.8) is 0 Å². The summed E-state index contributed by atoms with van der Waals surface area (Å²) in [6.07, 6.45) is 1.05. The number of nitrogens with one attached hydrogen (secondary N) is 2. The minimum atomic E-state index is 0.242. The van der Waals surface area contributed by atoms with Crippen LogP contribution in [0.25, 0.3) is 0 Å². The zero-order chi connectivity index (χ0) is 18.4. The predicted octanol–water partition coefficient (Wildman–Crippen LogP) is 4.80. The number of hydrogen-bond donors (Lipinski definition) is 2. The lowest BCUT2D eigenvalue weighted by Crippen LogP contribution is -2.36. The third kappa shape index (κ3) is 5.43. The van der Waals surface area contributed by atoms with Crippen molar-refractivity contribution < 1.29 is 0 Å². The highest BCUT2D eigenvalue weighted by molar-refractivity contribution is 7.80. The minimum absolute atomic E-state index is 0.242. The summed E-state index contributed by atoms with van der Waals surface area (Å²) < 4.78 is 0. The number of anilines is 1. The van der Waals surface area contributed by atoms with E-state index in [1.165, 1.54) is 11.1 Å². The van der Waals surface area contributed by atoms with Crippen molar-refractivity contribution in [2.75, 3.05) is 26.0 Å². The first-order valence-electron chi connectivity index (χ1n) is 8.47. The first kappa shape index (κ1) is 19.7. The second-order valence-corrected chi connectivity index (χ2v) is 7.14. The van der Waals surface area contributed by atoms with E-state index in [2.05, 4.69) is 60.8 Å². The van der Waals surface area contributed by atoms with Gasteiger partial charge in [-0.25, -0.2) is 0 Å². The molecule has 0 aliphatic carbocycles. The molecule has 1 atom stereocenters. The van der Waals surface area contributed by atoms with Gasteiger partial charge in [-0.1, -0.05) is 48.9 Å². The van der Waals surface area contributed by atoms with Crippen LogP contribution in [0.1, 0.15) is 29.7 Å². The van der Waals surface area contributed by atoms with Gasteiger partial charge in [0.15, 0.2) is 5.11 Å². The van der Waals surface area contributed by atoms with E-state index in [9.17, 15) is 0 Å². The highest BCUT2D eigenvalue weighted by Gasteiger charge is 2.14. The molecule has 2 N–H and O–H groups in total. The monoisotopic (exact) mass is 375 g/mol. The Balaban J connectivity index is 2.00. The molecule has 2 aromatic rings. The van der Waals surface area contributed by atoms with Gasteiger partial charge in [-0.15, -0.1) is 0 Å². The van der Waals surface area contributed by atoms with E-state index < -0.39 is 0 Å². The number of benzene rings is 2. The van der Waals surface area contributed by atoms with Crippen LogP contribution in [0.15, 0.2) is 42.5 Å². The number of hydrogen-bond acceptors (Lipinski definition) is 2. The lowest BCUT2D eigenvalue weighted by molar-refractivity contribution is 0.299. The second-order valence-electron chi connectivity index (χ2n) is 6.32. The van der Waals surface area contributed by atoms with Crippen molar-refractivity contribution in [3.8, 4) is 0 Å². The SMILES string of the molecule is CCc1ccc([C@H](CNC(=S)Nc2cccc(Cl)c2C)N(C)C)cc1. The van der Waals surface area contributed by atoms with Crippen LogP contribution < -0.4 is 10.6 Å². The van der Waals surface area contributed by atoms with E-state index in [0.717, 1.165) is 29.2 Å². The fourth-order valence-electron chi connectivity index (χ4n) is 2.67. The van der Waals surface area contributed by atoms with Gasteiger partial charge in [-0.2, -0.15) is 0 Å². The van der Waals surface area contributed by atoms with Crippen LogP contribution >= 0.6 is 23.8 Å². The van der Waals surface area contributed by atoms with E-state index in [1.54, 1.807) is 0 Å². The maximum Gasteiger partial charge on any atom is 0.170 e. The largest absolute Gasteiger partial charge is 0.361 e. The Kier molecular flexibility index (Phi) is 7.24. The van der Waals surface area contributed by atoms with E-state index in [0.29, 0.717) is 5.11 Å². The molecule has 0 heterocycles. The molecule has 0 aliphatic heterocycles. The van der Waals surface area contributed by atoms with Crippen LogP contribution in [-0.2, 0) is 6.42 Å². The molecule has 3 nitrogen and oxygen atoms in total. The maximum absolute atomic E-state index is 6.16. The molecule has 2 aromatic carbocycles. The van der Waals surface area contributed by atoms with E-state index >= 15 is 0 Å². The molecular weight excluding hydrogens is 350 g/mol. The van der Waals surface area contributed by atoms with Gasteiger partial charge >= 0.3 is 0 Å². The number of aryl methyl sites for hydroxylation is 1. The maximum atomic E-state index is 6.16. The molecule has 0 saturated heterocycles. The minimum Gasteiger partial charge on any atom is -0.361 e. The van der Waals surface area contributed by atoms with Gasteiger partial charge in [-0.3, -0.25) is 0 Å². The molecule has 0 spiro atoms. The van der Waals surface area contributed by atoms with Crippen molar-refractivity contribution in [3.05, 3.63) is 64.2 Å². The standard InChI is InChI=1S/C20H26ClN3S/c1-5-15-9-11-16(12-10-15)19(24(3)4)13-22-20(25)23-18-8-6-7-17(21)14(18)2/h6-12,19H,5,13H2,1-4H3,(H2,22,23,25)/t19-/m0/s1. The van der Waals surface area contributed by atoms with Crippen molar-refractivity contribution in [2.24, 2.45) is 0 Å². The third-order valence-corrected chi connectivity index (χ3v) is 5.02. The molecule has 5 heteroatoms. The van der Waals surface area contributed by atoms with Crippen molar-refractivity contribution in [1.29, 1.82) is 0 Å². The molecule has 0 aliphatic rings. The molecule has 0 bridgehead atoms. The quantitative estimate of drug-likeness (QED) is 0.709. The Morgan fingerprint density at radius 2 is 1.84 bits per heavy atom. The zero-order valence-electron chi connectivity index (χ0n) is 15.3. The van der Waals surface area contributed by atoms with Crippen LogP contribution in [0.2, 0.25) is 5.02 Å². The Morgan fingerprint density at radius 1 is 1.16 bits per heavy atom. The van der Waals surface area contributed by atoms with Gasteiger partial charge in [0.25, 0.3) is 0 Å². The van der Waals surface area contributed by atoms with Gasteiger partial charge in [0.2, 0.25) is 0 Å². The summed E-state index contributed by atoms with van der Waals surface area (Å²) in [6, 6.07) is 14.8. The number of rotatable bonds is 6. The van der Waals surface area contributed by atoms with Gasteiger partial charge in [0.1, 0.15) is 0 Å². The van der Waals surface area contributed by atoms with Crippen LogP contribution in [-0.4, -0.2) is 30.7 Å². The summed E-state index contributed by atoms with van der Waals surface area (Å²) in [4.78, 5) is 2.20. The van der Waals surface area contributed by atoms with E-state index in [1.807, 2.05) is 25.1 Å². The second kappa shape index (κ2) is 9.18. The zero-order valence-corrected chi connectivity index (χ0v) is 16.8. The van der Waals surface area contributed by atoms with Crippen molar-refractivity contribution >= 4 is 34.6 Å². The number of halogens is 1. The molecule has 0 aromatic heterocycles. The molecule has 0 fully saturated rings. The molecule has 25 heavy (non-hydrogen) atoms. The fourth-order valence-corrected chi connectivity index (χ4v) is 3.04. The molecule has 2 rings (SSSR count). The molecule has 0 radical (unpaired) electrons. The number of nitrogens with zero attached hydrogens (tertiary/aromatic N) is 1. The molecule has 134 valence electrons. The Bertz CT molecular complexity index is 713. The number of likely N-dealkylation sites (N-methyl/N-ethyl adjacent to an activating group) is 1.